The lowest BCUT2D eigenvalue weighted by atomic mass is 10.1. The lowest BCUT2D eigenvalue weighted by Gasteiger charge is -2.22. The quantitative estimate of drug-likeness (QED) is 0.733. The van der Waals surface area contributed by atoms with Gasteiger partial charge in [0.15, 0.2) is 23.3 Å². The average molecular weight is 255 g/mol. The normalized spacial score (nSPS) is 11.9. The standard InChI is InChI=1S/C12H12F3N3/c1-12(2,3)18-6-16-17-11(18)7-4-8(13)10(15)9(14)5-7/h4-6H,1-3H3. The van der Waals surface area contributed by atoms with Crippen LogP contribution in [-0.2, 0) is 5.54 Å². The van der Waals surface area contributed by atoms with Crippen LogP contribution < -0.4 is 0 Å². The minimum atomic E-state index is -1.49. The van der Waals surface area contributed by atoms with Crippen LogP contribution in [0.25, 0.3) is 11.4 Å². The number of hydrogen-bond donors (Lipinski definition) is 0. The molecule has 18 heavy (non-hydrogen) atoms. The summed E-state index contributed by atoms with van der Waals surface area (Å²) in [6.07, 6.45) is 1.47. The van der Waals surface area contributed by atoms with E-state index in [-0.39, 0.29) is 11.1 Å². The molecule has 1 aromatic carbocycles. The molecule has 0 saturated heterocycles. The molecule has 0 bridgehead atoms. The molecule has 0 spiro atoms. The van der Waals surface area contributed by atoms with E-state index in [0.717, 1.165) is 12.1 Å². The van der Waals surface area contributed by atoms with Crippen LogP contribution in [0.2, 0.25) is 0 Å². The highest BCUT2D eigenvalue weighted by atomic mass is 19.2. The van der Waals surface area contributed by atoms with Crippen molar-refractivity contribution in [2.45, 2.75) is 26.3 Å². The smallest absolute Gasteiger partial charge is 0.194 e. The van der Waals surface area contributed by atoms with Gasteiger partial charge in [-0.15, -0.1) is 10.2 Å². The topological polar surface area (TPSA) is 30.7 Å². The first-order chi connectivity index (χ1) is 8.30. The Morgan fingerprint density at radius 1 is 1.06 bits per heavy atom. The molecule has 1 heterocycles. The molecule has 1 aromatic heterocycles. The Morgan fingerprint density at radius 2 is 1.61 bits per heavy atom. The van der Waals surface area contributed by atoms with Crippen LogP contribution in [0.4, 0.5) is 13.2 Å². The summed E-state index contributed by atoms with van der Waals surface area (Å²) in [7, 11) is 0. The Balaban J connectivity index is 2.60. The highest BCUT2D eigenvalue weighted by Gasteiger charge is 2.21. The zero-order valence-electron chi connectivity index (χ0n) is 10.2. The fourth-order valence-corrected chi connectivity index (χ4v) is 1.61. The van der Waals surface area contributed by atoms with Gasteiger partial charge in [-0.3, -0.25) is 0 Å². The van der Waals surface area contributed by atoms with E-state index in [4.69, 9.17) is 0 Å². The number of hydrogen-bond acceptors (Lipinski definition) is 2. The Kier molecular flexibility index (Phi) is 2.88. The van der Waals surface area contributed by atoms with Crippen molar-refractivity contribution in [2.24, 2.45) is 0 Å². The largest absolute Gasteiger partial charge is 0.308 e. The molecular formula is C12H12F3N3. The number of nitrogens with zero attached hydrogens (tertiary/aromatic N) is 3. The first kappa shape index (κ1) is 12.6. The van der Waals surface area contributed by atoms with Gasteiger partial charge in [0, 0.05) is 11.1 Å². The second-order valence-electron chi connectivity index (χ2n) is 4.95. The number of benzene rings is 1. The summed E-state index contributed by atoms with van der Waals surface area (Å²) < 4.78 is 40.9. The SMILES string of the molecule is CC(C)(C)n1cnnc1-c1cc(F)c(F)c(F)c1. The third kappa shape index (κ3) is 2.10. The van der Waals surface area contributed by atoms with Crippen LogP contribution in [0.5, 0.6) is 0 Å². The van der Waals surface area contributed by atoms with E-state index in [1.807, 2.05) is 20.8 Å². The maximum atomic E-state index is 13.2. The predicted molar refractivity (Wildman–Crippen MR) is 60.3 cm³/mol. The van der Waals surface area contributed by atoms with Crippen molar-refractivity contribution in [3.8, 4) is 11.4 Å². The zero-order chi connectivity index (χ0) is 13.5. The van der Waals surface area contributed by atoms with Crippen LogP contribution in [0.3, 0.4) is 0 Å². The van der Waals surface area contributed by atoms with E-state index >= 15 is 0 Å². The van der Waals surface area contributed by atoms with Gasteiger partial charge in [0.25, 0.3) is 0 Å². The summed E-state index contributed by atoms with van der Waals surface area (Å²) in [6.45, 7) is 5.70. The lowest BCUT2D eigenvalue weighted by Crippen LogP contribution is -2.22. The van der Waals surface area contributed by atoms with Crippen LogP contribution in [0, 0.1) is 17.5 Å². The fraction of sp³-hybridized carbons (Fsp3) is 0.333. The minimum absolute atomic E-state index is 0.152. The van der Waals surface area contributed by atoms with Gasteiger partial charge in [-0.05, 0) is 32.9 Å². The molecule has 0 aliphatic heterocycles. The molecule has 0 saturated carbocycles. The van der Waals surface area contributed by atoms with Gasteiger partial charge in [-0.2, -0.15) is 0 Å². The van der Waals surface area contributed by atoms with E-state index in [1.54, 1.807) is 4.57 Å². The highest BCUT2D eigenvalue weighted by Crippen LogP contribution is 2.26. The van der Waals surface area contributed by atoms with Gasteiger partial charge in [0.2, 0.25) is 0 Å². The number of rotatable bonds is 1. The Morgan fingerprint density at radius 3 is 2.11 bits per heavy atom. The molecule has 0 amide bonds. The van der Waals surface area contributed by atoms with Crippen LogP contribution in [0.15, 0.2) is 18.5 Å². The first-order valence-corrected chi connectivity index (χ1v) is 5.36. The Bertz CT molecular complexity index is 561. The Labute approximate surface area is 102 Å². The molecule has 3 nitrogen and oxygen atoms in total. The zero-order valence-corrected chi connectivity index (χ0v) is 10.2. The summed E-state index contributed by atoms with van der Waals surface area (Å²) >= 11 is 0. The highest BCUT2D eigenvalue weighted by molar-refractivity contribution is 5.55. The molecule has 96 valence electrons. The summed E-state index contributed by atoms with van der Waals surface area (Å²) in [6, 6.07) is 1.81. The molecular weight excluding hydrogens is 243 g/mol. The molecule has 0 unspecified atom stereocenters. The number of aromatic nitrogens is 3. The predicted octanol–water partition coefficient (Wildman–Crippen LogP) is 3.12. The maximum absolute atomic E-state index is 13.2. The first-order valence-electron chi connectivity index (χ1n) is 5.36. The fourth-order valence-electron chi connectivity index (χ4n) is 1.61. The van der Waals surface area contributed by atoms with Crippen molar-refractivity contribution < 1.29 is 13.2 Å². The summed E-state index contributed by atoms with van der Waals surface area (Å²) in [5, 5.41) is 7.54. The number of halogens is 3. The van der Waals surface area contributed by atoms with Gasteiger partial charge < -0.3 is 4.57 Å². The molecule has 2 aromatic rings. The van der Waals surface area contributed by atoms with Crippen LogP contribution in [0.1, 0.15) is 20.8 Å². The van der Waals surface area contributed by atoms with Crippen molar-refractivity contribution >= 4 is 0 Å². The molecule has 0 N–H and O–H groups in total. The molecule has 6 heteroatoms. The third-order valence-corrected chi connectivity index (χ3v) is 2.51. The van der Waals surface area contributed by atoms with Crippen molar-refractivity contribution in [3.05, 3.63) is 35.9 Å². The van der Waals surface area contributed by atoms with E-state index in [9.17, 15) is 13.2 Å². The van der Waals surface area contributed by atoms with Gasteiger partial charge in [-0.25, -0.2) is 13.2 Å². The van der Waals surface area contributed by atoms with Gasteiger partial charge >= 0.3 is 0 Å². The Hall–Kier alpha value is -1.85. The van der Waals surface area contributed by atoms with Crippen LogP contribution in [-0.4, -0.2) is 14.8 Å². The molecule has 0 aliphatic rings. The summed E-state index contributed by atoms with van der Waals surface area (Å²) in [4.78, 5) is 0. The van der Waals surface area contributed by atoms with Crippen LogP contribution >= 0.6 is 0 Å². The average Bonchev–Trinajstić information content (AvgIpc) is 2.73. The molecule has 0 fully saturated rings. The van der Waals surface area contributed by atoms with Crippen molar-refractivity contribution in [1.29, 1.82) is 0 Å². The molecule has 2 rings (SSSR count). The second-order valence-corrected chi connectivity index (χ2v) is 4.95. The maximum Gasteiger partial charge on any atom is 0.194 e. The third-order valence-electron chi connectivity index (χ3n) is 2.51. The van der Waals surface area contributed by atoms with Gasteiger partial charge in [0.05, 0.1) is 0 Å². The minimum Gasteiger partial charge on any atom is -0.308 e. The van der Waals surface area contributed by atoms with E-state index in [2.05, 4.69) is 10.2 Å². The van der Waals surface area contributed by atoms with E-state index in [1.165, 1.54) is 6.33 Å². The molecule has 0 radical (unpaired) electrons. The monoisotopic (exact) mass is 255 g/mol. The molecule has 0 atom stereocenters. The van der Waals surface area contributed by atoms with E-state index < -0.39 is 17.5 Å². The summed E-state index contributed by atoms with van der Waals surface area (Å²) in [5.74, 6) is -3.68. The van der Waals surface area contributed by atoms with Gasteiger partial charge in [0.1, 0.15) is 6.33 Å². The van der Waals surface area contributed by atoms with Crippen molar-refractivity contribution in [2.75, 3.05) is 0 Å². The summed E-state index contributed by atoms with van der Waals surface area (Å²) in [5.41, 5.74) is -0.195. The second kappa shape index (κ2) is 4.12. The molecule has 0 aliphatic carbocycles. The van der Waals surface area contributed by atoms with Gasteiger partial charge in [-0.1, -0.05) is 0 Å². The van der Waals surface area contributed by atoms with E-state index in [0.29, 0.717) is 5.82 Å². The van der Waals surface area contributed by atoms with Crippen molar-refractivity contribution in [1.82, 2.24) is 14.8 Å². The van der Waals surface area contributed by atoms with Crippen molar-refractivity contribution in [3.63, 3.8) is 0 Å². The lowest BCUT2D eigenvalue weighted by molar-refractivity contribution is 0.399.